The molecule has 1 aromatic carbocycles. The van der Waals surface area contributed by atoms with Crippen molar-refractivity contribution in [1.82, 2.24) is 20.0 Å². The Kier molecular flexibility index (Phi) is 2.60. The van der Waals surface area contributed by atoms with Crippen LogP contribution in [-0.2, 0) is 4.79 Å². The zero-order valence-corrected chi connectivity index (χ0v) is 11.2. The van der Waals surface area contributed by atoms with Gasteiger partial charge >= 0.3 is 0 Å². The molecule has 0 saturated heterocycles. The number of hydrogen-bond acceptors (Lipinski definition) is 3. The Morgan fingerprint density at radius 1 is 1.29 bits per heavy atom. The summed E-state index contributed by atoms with van der Waals surface area (Å²) in [7, 11) is 0. The molecule has 2 N–H and O–H groups in total. The van der Waals surface area contributed by atoms with Crippen LogP contribution in [0.4, 0.5) is 5.82 Å². The van der Waals surface area contributed by atoms with Crippen LogP contribution in [0.1, 0.15) is 23.5 Å². The average Bonchev–Trinajstić information content (AvgIpc) is 3.17. The molecule has 1 atom stereocenters. The number of hydrogen-bond donors (Lipinski definition) is 2. The maximum atomic E-state index is 11.8. The number of nitrogens with zero attached hydrogens (tertiary/aromatic N) is 3. The first-order chi connectivity index (χ1) is 10.3. The Morgan fingerprint density at radius 3 is 3.10 bits per heavy atom. The predicted molar refractivity (Wildman–Crippen MR) is 77.2 cm³/mol. The van der Waals surface area contributed by atoms with E-state index in [9.17, 15) is 4.79 Å². The van der Waals surface area contributed by atoms with Gasteiger partial charge in [0.05, 0.1) is 11.9 Å². The number of benzene rings is 1. The van der Waals surface area contributed by atoms with Crippen LogP contribution in [0, 0.1) is 0 Å². The first kappa shape index (κ1) is 11.9. The van der Waals surface area contributed by atoms with Gasteiger partial charge in [-0.15, -0.1) is 0 Å². The predicted octanol–water partition coefficient (Wildman–Crippen LogP) is 2.07. The topological polar surface area (TPSA) is 75.6 Å². The molecule has 3 aromatic rings. The van der Waals surface area contributed by atoms with Gasteiger partial charge < -0.3 is 5.32 Å². The number of carbonyl (C=O) groups is 1. The molecule has 3 heterocycles. The highest BCUT2D eigenvalue weighted by molar-refractivity contribution is 5.94. The number of aromatic amines is 1. The standard InChI is InChI=1S/C15H13N5O/c21-14-8-12(13-9-16-19-15(13)18-14)10-3-1-4-11(7-10)20-6-2-5-17-20/h1-7,9,12H,8H2,(H2,16,18,19,21). The summed E-state index contributed by atoms with van der Waals surface area (Å²) in [5.41, 5.74) is 3.08. The van der Waals surface area contributed by atoms with Gasteiger partial charge in [-0.25, -0.2) is 4.68 Å². The molecule has 1 aliphatic heterocycles. The van der Waals surface area contributed by atoms with Crippen LogP contribution in [0.3, 0.4) is 0 Å². The largest absolute Gasteiger partial charge is 0.311 e. The summed E-state index contributed by atoms with van der Waals surface area (Å²) in [5.74, 6) is 0.713. The molecule has 1 aliphatic rings. The van der Waals surface area contributed by atoms with Crippen molar-refractivity contribution in [2.24, 2.45) is 0 Å². The fraction of sp³-hybridized carbons (Fsp3) is 0.133. The molecule has 2 aromatic heterocycles. The number of rotatable bonds is 2. The summed E-state index contributed by atoms with van der Waals surface area (Å²) in [5, 5.41) is 13.9. The third-order valence-corrected chi connectivity index (χ3v) is 3.74. The summed E-state index contributed by atoms with van der Waals surface area (Å²) in [6, 6.07) is 9.96. The molecule has 0 aliphatic carbocycles. The minimum atomic E-state index is 0.00115. The number of fused-ring (bicyclic) bond motifs is 1. The van der Waals surface area contributed by atoms with Crippen molar-refractivity contribution in [3.8, 4) is 5.69 Å². The van der Waals surface area contributed by atoms with E-state index in [1.807, 2.05) is 35.1 Å². The SMILES string of the molecule is O=C1CC(c2cccc(-n3cccn3)c2)c2cn[nH]c2N1. The summed E-state index contributed by atoms with van der Waals surface area (Å²) in [4.78, 5) is 11.8. The van der Waals surface area contributed by atoms with Gasteiger partial charge in [0.1, 0.15) is 5.82 Å². The van der Waals surface area contributed by atoms with E-state index in [4.69, 9.17) is 0 Å². The number of anilines is 1. The van der Waals surface area contributed by atoms with Crippen molar-refractivity contribution in [3.05, 3.63) is 60.0 Å². The third-order valence-electron chi connectivity index (χ3n) is 3.74. The molecule has 4 rings (SSSR count). The first-order valence-corrected chi connectivity index (χ1v) is 6.74. The lowest BCUT2D eigenvalue weighted by atomic mass is 9.87. The number of amides is 1. The monoisotopic (exact) mass is 279 g/mol. The van der Waals surface area contributed by atoms with E-state index in [0.29, 0.717) is 12.2 Å². The van der Waals surface area contributed by atoms with Crippen LogP contribution >= 0.6 is 0 Å². The van der Waals surface area contributed by atoms with Gasteiger partial charge in [0.25, 0.3) is 0 Å². The van der Waals surface area contributed by atoms with E-state index < -0.39 is 0 Å². The quantitative estimate of drug-likeness (QED) is 0.754. The summed E-state index contributed by atoms with van der Waals surface area (Å²) in [6.45, 7) is 0. The first-order valence-electron chi connectivity index (χ1n) is 6.74. The van der Waals surface area contributed by atoms with Crippen molar-refractivity contribution < 1.29 is 4.79 Å². The highest BCUT2D eigenvalue weighted by atomic mass is 16.1. The molecule has 6 nitrogen and oxygen atoms in total. The Bertz CT molecular complexity index is 790. The zero-order chi connectivity index (χ0) is 14.2. The van der Waals surface area contributed by atoms with E-state index in [1.165, 1.54) is 0 Å². The Labute approximate surface area is 120 Å². The number of nitrogens with one attached hydrogen (secondary N) is 2. The Morgan fingerprint density at radius 2 is 2.24 bits per heavy atom. The average molecular weight is 279 g/mol. The van der Waals surface area contributed by atoms with Crippen molar-refractivity contribution in [2.45, 2.75) is 12.3 Å². The van der Waals surface area contributed by atoms with E-state index in [2.05, 4.69) is 26.7 Å². The van der Waals surface area contributed by atoms with Gasteiger partial charge in [0.2, 0.25) is 5.91 Å². The van der Waals surface area contributed by atoms with Crippen molar-refractivity contribution in [1.29, 1.82) is 0 Å². The molecule has 0 bridgehead atoms. The highest BCUT2D eigenvalue weighted by Gasteiger charge is 2.28. The van der Waals surface area contributed by atoms with Crippen LogP contribution in [0.25, 0.3) is 5.69 Å². The molecule has 0 fully saturated rings. The smallest absolute Gasteiger partial charge is 0.226 e. The van der Waals surface area contributed by atoms with Gasteiger partial charge in [0, 0.05) is 30.3 Å². The third kappa shape index (κ3) is 2.01. The van der Waals surface area contributed by atoms with Crippen LogP contribution in [0.15, 0.2) is 48.9 Å². The van der Waals surface area contributed by atoms with Crippen LogP contribution in [0.5, 0.6) is 0 Å². The second-order valence-electron chi connectivity index (χ2n) is 5.05. The van der Waals surface area contributed by atoms with E-state index >= 15 is 0 Å². The van der Waals surface area contributed by atoms with Crippen LogP contribution < -0.4 is 5.32 Å². The van der Waals surface area contributed by atoms with E-state index in [-0.39, 0.29) is 11.8 Å². The zero-order valence-electron chi connectivity index (χ0n) is 11.2. The van der Waals surface area contributed by atoms with Gasteiger partial charge in [-0.2, -0.15) is 10.2 Å². The molecule has 0 radical (unpaired) electrons. The van der Waals surface area contributed by atoms with E-state index in [1.54, 1.807) is 12.4 Å². The minimum absolute atomic E-state index is 0.00115. The molecule has 1 unspecified atom stereocenters. The van der Waals surface area contributed by atoms with Crippen LogP contribution in [0.2, 0.25) is 0 Å². The second kappa shape index (κ2) is 4.59. The lowest BCUT2D eigenvalue weighted by Crippen LogP contribution is -2.23. The summed E-state index contributed by atoms with van der Waals surface area (Å²) < 4.78 is 1.81. The summed E-state index contributed by atoms with van der Waals surface area (Å²) >= 11 is 0. The van der Waals surface area contributed by atoms with Crippen molar-refractivity contribution >= 4 is 11.7 Å². The summed E-state index contributed by atoms with van der Waals surface area (Å²) in [6.07, 6.45) is 5.85. The number of carbonyl (C=O) groups excluding carboxylic acids is 1. The van der Waals surface area contributed by atoms with Crippen molar-refractivity contribution in [2.75, 3.05) is 5.32 Å². The van der Waals surface area contributed by atoms with Gasteiger partial charge in [0.15, 0.2) is 0 Å². The maximum absolute atomic E-state index is 11.8. The number of H-pyrrole nitrogens is 1. The highest BCUT2D eigenvalue weighted by Crippen LogP contribution is 2.36. The fourth-order valence-electron chi connectivity index (χ4n) is 2.75. The lowest BCUT2D eigenvalue weighted by molar-refractivity contribution is -0.116. The molecule has 104 valence electrons. The van der Waals surface area contributed by atoms with E-state index in [0.717, 1.165) is 16.8 Å². The fourth-order valence-corrected chi connectivity index (χ4v) is 2.75. The number of aromatic nitrogens is 4. The lowest BCUT2D eigenvalue weighted by Gasteiger charge is -2.22. The molecule has 1 amide bonds. The molecule has 21 heavy (non-hydrogen) atoms. The molecular weight excluding hydrogens is 266 g/mol. The van der Waals surface area contributed by atoms with Gasteiger partial charge in [-0.3, -0.25) is 9.89 Å². The molecular formula is C15H13N5O. The second-order valence-corrected chi connectivity index (χ2v) is 5.05. The molecule has 0 spiro atoms. The van der Waals surface area contributed by atoms with Gasteiger partial charge in [-0.1, -0.05) is 12.1 Å². The molecule has 0 saturated carbocycles. The minimum Gasteiger partial charge on any atom is -0.311 e. The normalized spacial score (nSPS) is 17.3. The van der Waals surface area contributed by atoms with Gasteiger partial charge in [-0.05, 0) is 23.8 Å². The Hall–Kier alpha value is -2.89. The Balaban J connectivity index is 1.78. The van der Waals surface area contributed by atoms with Crippen LogP contribution in [-0.4, -0.2) is 25.9 Å². The molecule has 6 heteroatoms. The van der Waals surface area contributed by atoms with Crippen molar-refractivity contribution in [3.63, 3.8) is 0 Å². The maximum Gasteiger partial charge on any atom is 0.226 e.